The quantitative estimate of drug-likeness (QED) is 0.915. The molecule has 0 saturated carbocycles. The molecule has 1 amide bonds. The van der Waals surface area contributed by atoms with E-state index < -0.39 is 11.5 Å². The third-order valence-electron chi connectivity index (χ3n) is 3.16. The highest BCUT2D eigenvalue weighted by Gasteiger charge is 2.41. The van der Waals surface area contributed by atoms with E-state index >= 15 is 0 Å². The fraction of sp³-hybridized carbons (Fsp3) is 0.133. The fourth-order valence-corrected chi connectivity index (χ4v) is 2.98. The lowest BCUT2D eigenvalue weighted by Crippen LogP contribution is -2.43. The summed E-state index contributed by atoms with van der Waals surface area (Å²) in [5.41, 5.74) is 4.64. The smallest absolute Gasteiger partial charge is 0.258 e. The summed E-state index contributed by atoms with van der Waals surface area (Å²) in [6, 6.07) is 11.5. The molecule has 5 heteroatoms. The van der Waals surface area contributed by atoms with Crippen LogP contribution in [0.15, 0.2) is 42.5 Å². The summed E-state index contributed by atoms with van der Waals surface area (Å²) < 4.78 is 0. The lowest BCUT2D eigenvalue weighted by molar-refractivity contribution is -0.133. The molecule has 20 heavy (non-hydrogen) atoms. The van der Waals surface area contributed by atoms with E-state index in [0.29, 0.717) is 16.1 Å². The number of primary amides is 1. The van der Waals surface area contributed by atoms with Gasteiger partial charge in [0.15, 0.2) is 5.60 Å². The van der Waals surface area contributed by atoms with Crippen molar-refractivity contribution in [3.63, 3.8) is 0 Å². The first-order chi connectivity index (χ1) is 9.37. The lowest BCUT2D eigenvalue weighted by Gasteiger charge is -2.28. The number of aryl methyl sites for hydroxylation is 1. The van der Waals surface area contributed by atoms with Crippen LogP contribution < -0.4 is 5.73 Å². The van der Waals surface area contributed by atoms with Crippen LogP contribution in [0.1, 0.15) is 16.7 Å². The normalized spacial score (nSPS) is 13.8. The van der Waals surface area contributed by atoms with Gasteiger partial charge in [-0.3, -0.25) is 4.79 Å². The van der Waals surface area contributed by atoms with Crippen LogP contribution in [-0.2, 0) is 10.4 Å². The molecular formula is C15H13Cl2NO2. The van der Waals surface area contributed by atoms with Gasteiger partial charge < -0.3 is 10.8 Å². The van der Waals surface area contributed by atoms with Crippen LogP contribution in [0, 0.1) is 6.92 Å². The van der Waals surface area contributed by atoms with Gasteiger partial charge in [-0.25, -0.2) is 0 Å². The minimum absolute atomic E-state index is 0.195. The Morgan fingerprint density at radius 1 is 1.20 bits per heavy atom. The highest BCUT2D eigenvalue weighted by Crippen LogP contribution is 2.38. The molecule has 1 unspecified atom stereocenters. The van der Waals surface area contributed by atoms with Gasteiger partial charge in [-0.05, 0) is 30.2 Å². The number of hydrogen-bond donors (Lipinski definition) is 2. The summed E-state index contributed by atoms with van der Waals surface area (Å²) in [6.07, 6.45) is 0. The Bertz CT molecular complexity index is 635. The predicted molar refractivity (Wildman–Crippen MR) is 79.8 cm³/mol. The average Bonchev–Trinajstić information content (AvgIpc) is 2.38. The van der Waals surface area contributed by atoms with Gasteiger partial charge in [0.2, 0.25) is 0 Å². The number of halogens is 2. The Labute approximate surface area is 126 Å². The van der Waals surface area contributed by atoms with Crippen molar-refractivity contribution in [2.45, 2.75) is 12.5 Å². The Hall–Kier alpha value is -1.55. The van der Waals surface area contributed by atoms with Gasteiger partial charge in [0, 0.05) is 15.6 Å². The molecule has 0 saturated heterocycles. The van der Waals surface area contributed by atoms with Gasteiger partial charge in [-0.1, -0.05) is 53.5 Å². The Kier molecular flexibility index (Phi) is 4.04. The van der Waals surface area contributed by atoms with Crippen molar-refractivity contribution in [1.29, 1.82) is 0 Å². The van der Waals surface area contributed by atoms with Crippen molar-refractivity contribution in [2.24, 2.45) is 5.73 Å². The first-order valence-electron chi connectivity index (χ1n) is 5.91. The Morgan fingerprint density at radius 2 is 1.80 bits per heavy atom. The number of hydrogen-bond acceptors (Lipinski definition) is 2. The zero-order valence-electron chi connectivity index (χ0n) is 10.7. The molecule has 0 radical (unpaired) electrons. The molecule has 0 aliphatic heterocycles. The van der Waals surface area contributed by atoms with Crippen LogP contribution in [0.2, 0.25) is 10.0 Å². The molecule has 0 bridgehead atoms. The minimum atomic E-state index is -1.99. The van der Waals surface area contributed by atoms with Crippen LogP contribution in [0.4, 0.5) is 0 Å². The van der Waals surface area contributed by atoms with Gasteiger partial charge in [-0.15, -0.1) is 0 Å². The number of amides is 1. The number of carbonyl (C=O) groups is 1. The molecule has 1 atom stereocenters. The molecule has 0 aliphatic carbocycles. The van der Waals surface area contributed by atoms with E-state index in [9.17, 15) is 9.90 Å². The largest absolute Gasteiger partial charge is 0.372 e. The van der Waals surface area contributed by atoms with E-state index in [-0.39, 0.29) is 10.6 Å². The second kappa shape index (κ2) is 5.44. The Morgan fingerprint density at radius 3 is 2.30 bits per heavy atom. The molecular weight excluding hydrogens is 297 g/mol. The van der Waals surface area contributed by atoms with Gasteiger partial charge in [0.05, 0.1) is 0 Å². The van der Waals surface area contributed by atoms with E-state index in [4.69, 9.17) is 28.9 Å². The topological polar surface area (TPSA) is 63.3 Å². The molecule has 0 aromatic heterocycles. The van der Waals surface area contributed by atoms with Crippen molar-refractivity contribution in [1.82, 2.24) is 0 Å². The average molecular weight is 310 g/mol. The minimum Gasteiger partial charge on any atom is -0.372 e. The maximum absolute atomic E-state index is 11.9. The molecule has 2 aromatic rings. The first-order valence-corrected chi connectivity index (χ1v) is 6.67. The molecule has 0 aliphatic rings. The molecule has 0 spiro atoms. The summed E-state index contributed by atoms with van der Waals surface area (Å²) in [4.78, 5) is 11.9. The standard InChI is InChI=1S/C15H13Cl2NO2/c1-9-7-11(16)8-12(17)13(9)15(20,14(18)19)10-5-3-2-4-6-10/h2-8,20H,1H3,(H2,18,19). The molecule has 0 fully saturated rings. The molecule has 3 N–H and O–H groups in total. The molecule has 2 aromatic carbocycles. The van der Waals surface area contributed by atoms with Gasteiger partial charge in [-0.2, -0.15) is 0 Å². The SMILES string of the molecule is Cc1cc(Cl)cc(Cl)c1C(O)(C(N)=O)c1ccccc1. The summed E-state index contributed by atoms with van der Waals surface area (Å²) >= 11 is 12.1. The summed E-state index contributed by atoms with van der Waals surface area (Å²) in [6.45, 7) is 1.71. The Balaban J connectivity index is 2.76. The van der Waals surface area contributed by atoms with E-state index in [0.717, 1.165) is 0 Å². The molecule has 104 valence electrons. The second-order valence-corrected chi connectivity index (χ2v) is 5.36. The summed E-state index contributed by atoms with van der Waals surface area (Å²) in [7, 11) is 0. The van der Waals surface area contributed by atoms with Crippen molar-refractivity contribution < 1.29 is 9.90 Å². The van der Waals surface area contributed by atoms with E-state index in [1.807, 2.05) is 0 Å². The number of rotatable bonds is 3. The zero-order valence-corrected chi connectivity index (χ0v) is 12.2. The number of carbonyl (C=O) groups excluding carboxylic acids is 1. The van der Waals surface area contributed by atoms with E-state index in [1.165, 1.54) is 6.07 Å². The maximum atomic E-state index is 11.9. The monoisotopic (exact) mass is 309 g/mol. The third kappa shape index (κ3) is 2.40. The van der Waals surface area contributed by atoms with Crippen molar-refractivity contribution in [3.8, 4) is 0 Å². The van der Waals surface area contributed by atoms with Crippen LogP contribution >= 0.6 is 23.2 Å². The number of nitrogens with two attached hydrogens (primary N) is 1. The van der Waals surface area contributed by atoms with Crippen molar-refractivity contribution in [3.05, 3.63) is 69.2 Å². The molecule has 2 rings (SSSR count). The number of benzene rings is 2. The predicted octanol–water partition coefficient (Wildman–Crippen LogP) is 3.02. The van der Waals surface area contributed by atoms with E-state index in [1.54, 1.807) is 43.3 Å². The highest BCUT2D eigenvalue weighted by atomic mass is 35.5. The number of aliphatic hydroxyl groups is 1. The summed E-state index contributed by atoms with van der Waals surface area (Å²) in [5, 5.41) is 11.5. The maximum Gasteiger partial charge on any atom is 0.258 e. The van der Waals surface area contributed by atoms with Gasteiger partial charge in [0.1, 0.15) is 0 Å². The highest BCUT2D eigenvalue weighted by molar-refractivity contribution is 6.35. The second-order valence-electron chi connectivity index (χ2n) is 4.52. The fourth-order valence-electron chi connectivity index (χ4n) is 2.25. The van der Waals surface area contributed by atoms with Gasteiger partial charge in [0.25, 0.3) is 5.91 Å². The summed E-state index contributed by atoms with van der Waals surface area (Å²) in [5.74, 6) is -0.893. The molecule has 3 nitrogen and oxygen atoms in total. The third-order valence-corrected chi connectivity index (χ3v) is 3.68. The molecule has 0 heterocycles. The van der Waals surface area contributed by atoms with Crippen molar-refractivity contribution >= 4 is 29.1 Å². The van der Waals surface area contributed by atoms with E-state index in [2.05, 4.69) is 0 Å². The zero-order chi connectivity index (χ0) is 14.9. The van der Waals surface area contributed by atoms with Crippen molar-refractivity contribution in [2.75, 3.05) is 0 Å². The van der Waals surface area contributed by atoms with Gasteiger partial charge >= 0.3 is 0 Å². The lowest BCUT2D eigenvalue weighted by atomic mass is 9.83. The van der Waals surface area contributed by atoms with Crippen LogP contribution in [0.25, 0.3) is 0 Å². The van der Waals surface area contributed by atoms with Crippen LogP contribution in [0.5, 0.6) is 0 Å². The van der Waals surface area contributed by atoms with Crippen LogP contribution in [-0.4, -0.2) is 11.0 Å². The van der Waals surface area contributed by atoms with Crippen LogP contribution in [0.3, 0.4) is 0 Å². The first kappa shape index (κ1) is 14.9.